The Kier molecular flexibility index (Phi) is 4.79. The summed E-state index contributed by atoms with van der Waals surface area (Å²) < 4.78 is 2.30. The summed E-state index contributed by atoms with van der Waals surface area (Å²) in [6.07, 6.45) is 0. The zero-order valence-corrected chi connectivity index (χ0v) is 16.6. The molecule has 0 atom stereocenters. The molecule has 4 rings (SSSR count). The summed E-state index contributed by atoms with van der Waals surface area (Å²) in [7, 11) is 0. The summed E-state index contributed by atoms with van der Waals surface area (Å²) in [4.78, 5) is 29.8. The smallest absolute Gasteiger partial charge is 0.265 e. The normalized spacial score (nSPS) is 10.8. The van der Waals surface area contributed by atoms with E-state index in [1.807, 2.05) is 36.4 Å². The first-order chi connectivity index (χ1) is 13.5. The number of anilines is 1. The highest BCUT2D eigenvalue weighted by Crippen LogP contribution is 2.19. The molecule has 0 unspecified atom stereocenters. The van der Waals surface area contributed by atoms with Crippen LogP contribution < -0.4 is 10.9 Å². The monoisotopic (exact) mass is 433 g/mol. The Morgan fingerprint density at radius 2 is 1.64 bits per heavy atom. The van der Waals surface area contributed by atoms with Crippen LogP contribution in [0.5, 0.6) is 0 Å². The summed E-state index contributed by atoms with van der Waals surface area (Å²) in [5.74, 6) is 0.398. The number of aryl methyl sites for hydroxylation is 1. The van der Waals surface area contributed by atoms with Gasteiger partial charge >= 0.3 is 0 Å². The van der Waals surface area contributed by atoms with Gasteiger partial charge in [-0.2, -0.15) is 0 Å². The van der Waals surface area contributed by atoms with Crippen LogP contribution in [-0.4, -0.2) is 15.5 Å². The van der Waals surface area contributed by atoms with Gasteiger partial charge in [-0.3, -0.25) is 14.2 Å². The maximum absolute atomic E-state index is 12.9. The zero-order valence-electron chi connectivity index (χ0n) is 15.0. The highest BCUT2D eigenvalue weighted by Gasteiger charge is 2.11. The van der Waals surface area contributed by atoms with Crippen molar-refractivity contribution in [3.05, 3.63) is 99.0 Å². The Balaban J connectivity index is 1.66. The van der Waals surface area contributed by atoms with Gasteiger partial charge in [0.1, 0.15) is 5.82 Å². The molecule has 1 heterocycles. The molecule has 5 nitrogen and oxygen atoms in total. The molecular formula is C22H16BrN3O2. The van der Waals surface area contributed by atoms with E-state index in [-0.39, 0.29) is 11.5 Å². The minimum atomic E-state index is -0.207. The number of benzene rings is 3. The first kappa shape index (κ1) is 18.1. The van der Waals surface area contributed by atoms with Crippen molar-refractivity contribution in [3.8, 4) is 5.69 Å². The summed E-state index contributed by atoms with van der Waals surface area (Å²) in [6.45, 7) is 1.80. The highest BCUT2D eigenvalue weighted by atomic mass is 79.9. The van der Waals surface area contributed by atoms with Crippen LogP contribution in [-0.2, 0) is 0 Å². The summed E-state index contributed by atoms with van der Waals surface area (Å²) in [5.41, 5.74) is 2.45. The van der Waals surface area contributed by atoms with Gasteiger partial charge in [-0.15, -0.1) is 0 Å². The van der Waals surface area contributed by atoms with Crippen molar-refractivity contribution in [1.29, 1.82) is 0 Å². The third-order valence-electron chi connectivity index (χ3n) is 4.45. The molecular weight excluding hydrogens is 418 g/mol. The number of amides is 1. The quantitative estimate of drug-likeness (QED) is 0.508. The van der Waals surface area contributed by atoms with Crippen molar-refractivity contribution in [2.75, 3.05) is 5.32 Å². The predicted octanol–water partition coefficient (Wildman–Crippen LogP) is 4.71. The Morgan fingerprint density at radius 1 is 0.964 bits per heavy atom. The number of nitrogens with one attached hydrogen (secondary N) is 1. The highest BCUT2D eigenvalue weighted by molar-refractivity contribution is 9.10. The average molecular weight is 434 g/mol. The average Bonchev–Trinajstić information content (AvgIpc) is 2.69. The molecule has 0 bridgehead atoms. The van der Waals surface area contributed by atoms with Crippen LogP contribution in [0.3, 0.4) is 0 Å². The van der Waals surface area contributed by atoms with Crippen molar-refractivity contribution in [2.24, 2.45) is 0 Å². The number of carbonyl (C=O) groups is 1. The SMILES string of the molecule is Cc1nc2ccccc2c(=O)n1-c1ccc(NC(=O)c2ccccc2Br)cc1. The number of carbonyl (C=O) groups excluding carboxylic acids is 1. The van der Waals surface area contributed by atoms with E-state index in [0.29, 0.717) is 33.7 Å². The minimum absolute atomic E-state index is 0.117. The van der Waals surface area contributed by atoms with Crippen molar-refractivity contribution in [1.82, 2.24) is 9.55 Å². The molecule has 1 aromatic heterocycles. The summed E-state index contributed by atoms with van der Waals surface area (Å²) >= 11 is 3.38. The topological polar surface area (TPSA) is 64.0 Å². The van der Waals surface area contributed by atoms with Crippen molar-refractivity contribution < 1.29 is 4.79 Å². The number of hydrogen-bond donors (Lipinski definition) is 1. The molecule has 1 amide bonds. The molecule has 0 aliphatic rings. The van der Waals surface area contributed by atoms with Gasteiger partial charge in [-0.1, -0.05) is 24.3 Å². The fourth-order valence-corrected chi connectivity index (χ4v) is 3.55. The van der Waals surface area contributed by atoms with Crippen LogP contribution in [0.2, 0.25) is 0 Å². The summed E-state index contributed by atoms with van der Waals surface area (Å²) in [6, 6.07) is 21.6. The molecule has 0 saturated carbocycles. The first-order valence-corrected chi connectivity index (χ1v) is 9.48. The van der Waals surface area contributed by atoms with E-state index in [2.05, 4.69) is 26.2 Å². The van der Waals surface area contributed by atoms with Crippen LogP contribution in [0.25, 0.3) is 16.6 Å². The van der Waals surface area contributed by atoms with E-state index in [1.165, 1.54) is 0 Å². The third kappa shape index (κ3) is 3.34. The lowest BCUT2D eigenvalue weighted by atomic mass is 10.2. The molecule has 6 heteroatoms. The second-order valence-corrected chi connectivity index (χ2v) is 7.15. The second kappa shape index (κ2) is 7.40. The minimum Gasteiger partial charge on any atom is -0.322 e. The molecule has 4 aromatic rings. The maximum atomic E-state index is 12.9. The lowest BCUT2D eigenvalue weighted by molar-refractivity contribution is 0.102. The van der Waals surface area contributed by atoms with Gasteiger partial charge < -0.3 is 5.32 Å². The van der Waals surface area contributed by atoms with Gasteiger partial charge in [-0.05, 0) is 71.4 Å². The van der Waals surface area contributed by atoms with E-state index in [0.717, 1.165) is 4.47 Å². The maximum Gasteiger partial charge on any atom is 0.265 e. The number of rotatable bonds is 3. The van der Waals surface area contributed by atoms with Crippen LogP contribution in [0.4, 0.5) is 5.69 Å². The molecule has 28 heavy (non-hydrogen) atoms. The van der Waals surface area contributed by atoms with Crippen molar-refractivity contribution in [2.45, 2.75) is 6.92 Å². The number of hydrogen-bond acceptors (Lipinski definition) is 3. The van der Waals surface area contributed by atoms with Gasteiger partial charge in [-0.25, -0.2) is 4.98 Å². The number of aromatic nitrogens is 2. The van der Waals surface area contributed by atoms with Gasteiger partial charge in [0.15, 0.2) is 0 Å². The van der Waals surface area contributed by atoms with E-state index >= 15 is 0 Å². The van der Waals surface area contributed by atoms with E-state index < -0.39 is 0 Å². The first-order valence-electron chi connectivity index (χ1n) is 8.69. The van der Waals surface area contributed by atoms with E-state index in [4.69, 9.17) is 0 Å². The molecule has 138 valence electrons. The van der Waals surface area contributed by atoms with Crippen LogP contribution >= 0.6 is 15.9 Å². The Morgan fingerprint density at radius 3 is 2.39 bits per heavy atom. The molecule has 3 aromatic carbocycles. The van der Waals surface area contributed by atoms with Crippen molar-refractivity contribution in [3.63, 3.8) is 0 Å². The second-order valence-electron chi connectivity index (χ2n) is 6.30. The number of nitrogens with zero attached hydrogens (tertiary/aromatic N) is 2. The van der Waals surface area contributed by atoms with E-state index in [9.17, 15) is 9.59 Å². The largest absolute Gasteiger partial charge is 0.322 e. The Bertz CT molecular complexity index is 1250. The zero-order chi connectivity index (χ0) is 19.7. The van der Waals surface area contributed by atoms with Gasteiger partial charge in [0.05, 0.1) is 22.2 Å². The fraction of sp³-hybridized carbons (Fsp3) is 0.0455. The molecule has 0 radical (unpaired) electrons. The lowest BCUT2D eigenvalue weighted by Crippen LogP contribution is -2.22. The molecule has 0 fully saturated rings. The van der Waals surface area contributed by atoms with E-state index in [1.54, 1.807) is 47.9 Å². The Hall–Kier alpha value is -3.25. The van der Waals surface area contributed by atoms with Crippen molar-refractivity contribution >= 4 is 38.4 Å². The fourth-order valence-electron chi connectivity index (χ4n) is 3.09. The molecule has 0 aliphatic heterocycles. The van der Waals surface area contributed by atoms with Crippen LogP contribution in [0, 0.1) is 6.92 Å². The lowest BCUT2D eigenvalue weighted by Gasteiger charge is -2.12. The molecule has 0 saturated heterocycles. The summed E-state index contributed by atoms with van der Waals surface area (Å²) in [5, 5.41) is 3.43. The van der Waals surface area contributed by atoms with Gasteiger partial charge in [0, 0.05) is 10.2 Å². The van der Waals surface area contributed by atoms with Gasteiger partial charge in [0.25, 0.3) is 11.5 Å². The van der Waals surface area contributed by atoms with Gasteiger partial charge in [0.2, 0.25) is 0 Å². The number of fused-ring (bicyclic) bond motifs is 1. The third-order valence-corrected chi connectivity index (χ3v) is 5.14. The molecule has 0 aliphatic carbocycles. The predicted molar refractivity (Wildman–Crippen MR) is 114 cm³/mol. The molecule has 1 N–H and O–H groups in total. The molecule has 0 spiro atoms. The van der Waals surface area contributed by atoms with Crippen LogP contribution in [0.15, 0.2) is 82.1 Å². The number of para-hydroxylation sites is 1. The standard InChI is InChI=1S/C22H16BrN3O2/c1-14-24-20-9-5-3-7-18(20)22(28)26(14)16-12-10-15(11-13-16)25-21(27)17-6-2-4-8-19(17)23/h2-13H,1H3,(H,25,27). The Labute approximate surface area is 169 Å². The number of halogens is 1. The van der Waals surface area contributed by atoms with Crippen LogP contribution in [0.1, 0.15) is 16.2 Å².